The van der Waals surface area contributed by atoms with Gasteiger partial charge in [-0.1, -0.05) is 40.5 Å². The van der Waals surface area contributed by atoms with E-state index in [1.807, 2.05) is 17.9 Å². The van der Waals surface area contributed by atoms with Crippen molar-refractivity contribution in [2.75, 3.05) is 13.1 Å². The molecule has 2 bridgehead atoms. The minimum Gasteiger partial charge on any atom is -0.337 e. The number of hydrogen-bond donors (Lipinski definition) is 1. The number of hydrogen-bond acceptors (Lipinski definition) is 6. The quantitative estimate of drug-likeness (QED) is 0.161. The molecule has 6 fully saturated rings. The first-order valence-electron chi connectivity index (χ1n) is 18.8. The SMILES string of the molecule is Cc1nc2c(F)c(-c3cccc(Cl)c3Cl)c(CCC#N)cc2c2c1cc(C1CC(n3cc(C4(C(F)F)CC4)nn3)CN1C(=O)C1CC1)n2C1C2CNC1C2. The zero-order valence-corrected chi connectivity index (χ0v) is 31.0. The first-order chi connectivity index (χ1) is 26.1. The number of likely N-dealkylation sites (tertiary alicyclic amines) is 1. The van der Waals surface area contributed by atoms with Crippen LogP contribution in [0.4, 0.5) is 13.2 Å². The molecule has 3 aliphatic carbocycles. The van der Waals surface area contributed by atoms with Crippen LogP contribution in [-0.4, -0.2) is 60.9 Å². The molecule has 0 spiro atoms. The van der Waals surface area contributed by atoms with Gasteiger partial charge >= 0.3 is 0 Å². The van der Waals surface area contributed by atoms with E-state index in [1.165, 1.54) is 0 Å². The molecule has 11 rings (SSSR count). The number of pyridine rings is 1. The molecule has 0 radical (unpaired) electrons. The number of alkyl halides is 2. The molecule has 54 heavy (non-hydrogen) atoms. The molecule has 5 aromatic rings. The van der Waals surface area contributed by atoms with Crippen LogP contribution < -0.4 is 5.32 Å². The van der Waals surface area contributed by atoms with Crippen molar-refractivity contribution in [3.63, 3.8) is 0 Å². The maximum Gasteiger partial charge on any atom is 0.249 e. The van der Waals surface area contributed by atoms with Gasteiger partial charge in [-0.3, -0.25) is 4.79 Å². The molecule has 6 aliphatic rings. The maximum absolute atomic E-state index is 17.2. The molecule has 3 saturated heterocycles. The van der Waals surface area contributed by atoms with E-state index in [-0.39, 0.29) is 58.5 Å². The molecule has 278 valence electrons. The Balaban J connectivity index is 1.17. The van der Waals surface area contributed by atoms with Gasteiger partial charge in [0.05, 0.1) is 50.9 Å². The largest absolute Gasteiger partial charge is 0.337 e. The van der Waals surface area contributed by atoms with Crippen LogP contribution in [0, 0.1) is 35.9 Å². The lowest BCUT2D eigenvalue weighted by Crippen LogP contribution is -2.41. The number of fused-ring (bicyclic) bond motifs is 4. The number of rotatable bonds is 9. The standard InChI is InChI=1S/C40H37Cl2F3N8O/c1-19-25-15-30(29-14-23(17-51(29)38(54)20-7-8-20)52-18-31(49-50-52)40(9-10-40)39(44)45)53(36-22-13-28(36)47-16-22)37(25)26-12-21(4-3-11-46)32(34(43)35(26)48-19)24-5-2-6-27(41)33(24)42/h2,5-6,12,15,18,20,22-23,28-29,36,39,47H,3-4,7-10,13-14,16-17H2,1H3. The second-order valence-electron chi connectivity index (χ2n) is 16.0. The van der Waals surface area contributed by atoms with Crippen molar-refractivity contribution in [2.45, 2.75) is 94.3 Å². The van der Waals surface area contributed by atoms with Gasteiger partial charge in [0.15, 0.2) is 5.82 Å². The third-order valence-corrected chi connectivity index (χ3v) is 13.7. The summed E-state index contributed by atoms with van der Waals surface area (Å²) in [6.45, 7) is 3.13. The molecule has 2 aromatic carbocycles. The van der Waals surface area contributed by atoms with E-state index in [1.54, 1.807) is 29.1 Å². The number of benzene rings is 2. The van der Waals surface area contributed by atoms with Gasteiger partial charge in [0.25, 0.3) is 0 Å². The second kappa shape index (κ2) is 12.4. The average molecular weight is 774 g/mol. The van der Waals surface area contributed by atoms with Crippen LogP contribution in [0.1, 0.15) is 85.7 Å². The van der Waals surface area contributed by atoms with Gasteiger partial charge in [-0.15, -0.1) is 5.10 Å². The fourth-order valence-electron chi connectivity index (χ4n) is 9.60. The van der Waals surface area contributed by atoms with Crippen molar-refractivity contribution in [2.24, 2.45) is 11.8 Å². The number of carbonyl (C=O) groups is 1. The van der Waals surface area contributed by atoms with E-state index < -0.39 is 17.7 Å². The lowest BCUT2D eigenvalue weighted by molar-refractivity contribution is -0.133. The topological polar surface area (TPSA) is 105 Å². The minimum absolute atomic E-state index is 0.0386. The van der Waals surface area contributed by atoms with Crippen LogP contribution in [0.2, 0.25) is 10.0 Å². The van der Waals surface area contributed by atoms with E-state index in [4.69, 9.17) is 28.2 Å². The lowest BCUT2D eigenvalue weighted by atomic mass is 9.79. The predicted molar refractivity (Wildman–Crippen MR) is 198 cm³/mol. The first kappa shape index (κ1) is 34.3. The van der Waals surface area contributed by atoms with Crippen molar-refractivity contribution in [1.29, 1.82) is 5.26 Å². The highest BCUT2D eigenvalue weighted by molar-refractivity contribution is 6.43. The predicted octanol–water partition coefficient (Wildman–Crippen LogP) is 8.41. The number of aryl methyl sites for hydroxylation is 2. The molecule has 5 unspecified atom stereocenters. The number of aromatic nitrogens is 5. The van der Waals surface area contributed by atoms with Gasteiger partial charge in [0.2, 0.25) is 12.3 Å². The van der Waals surface area contributed by atoms with E-state index in [9.17, 15) is 18.8 Å². The molecule has 3 aliphatic heterocycles. The molecule has 5 atom stereocenters. The fraction of sp³-hybridized carbons (Fsp3) is 0.475. The Bertz CT molecular complexity index is 2420. The number of halogens is 5. The molecular formula is C40H37Cl2F3N8O. The summed E-state index contributed by atoms with van der Waals surface area (Å²) in [5.41, 5.74) is 3.11. The van der Waals surface area contributed by atoms with Gasteiger partial charge < -0.3 is 14.8 Å². The van der Waals surface area contributed by atoms with E-state index in [0.29, 0.717) is 71.1 Å². The molecule has 14 heteroatoms. The second-order valence-corrected chi connectivity index (χ2v) is 16.8. The van der Waals surface area contributed by atoms with E-state index >= 15 is 4.39 Å². The Morgan fingerprint density at radius 1 is 1.17 bits per heavy atom. The normalized spacial score (nSPS) is 25.5. The summed E-state index contributed by atoms with van der Waals surface area (Å²) in [4.78, 5) is 21.0. The zero-order chi connectivity index (χ0) is 37.2. The molecular weight excluding hydrogens is 736 g/mol. The Kier molecular flexibility index (Phi) is 7.89. The van der Waals surface area contributed by atoms with E-state index in [2.05, 4.69) is 32.3 Å². The molecule has 3 aromatic heterocycles. The van der Waals surface area contributed by atoms with Crippen molar-refractivity contribution in [3.05, 3.63) is 75.0 Å². The number of carbonyl (C=O) groups excluding carboxylic acids is 1. The van der Waals surface area contributed by atoms with Gasteiger partial charge in [-0.2, -0.15) is 5.26 Å². The highest BCUT2D eigenvalue weighted by Crippen LogP contribution is 2.54. The van der Waals surface area contributed by atoms with Crippen LogP contribution in [0.25, 0.3) is 32.9 Å². The number of amides is 1. The van der Waals surface area contributed by atoms with Crippen LogP contribution >= 0.6 is 23.2 Å². The Hall–Kier alpha value is -4.18. The van der Waals surface area contributed by atoms with Crippen molar-refractivity contribution in [3.8, 4) is 17.2 Å². The van der Waals surface area contributed by atoms with Gasteiger partial charge in [0, 0.05) is 71.0 Å². The van der Waals surface area contributed by atoms with Gasteiger partial charge in [0.1, 0.15) is 5.52 Å². The van der Waals surface area contributed by atoms with Crippen molar-refractivity contribution < 1.29 is 18.0 Å². The molecule has 3 saturated carbocycles. The third-order valence-electron chi connectivity index (χ3n) is 12.9. The summed E-state index contributed by atoms with van der Waals surface area (Å²) in [6, 6.07) is 11.1. The Morgan fingerprint density at radius 3 is 2.67 bits per heavy atom. The summed E-state index contributed by atoms with van der Waals surface area (Å²) < 4.78 is 49.3. The fourth-order valence-corrected chi connectivity index (χ4v) is 9.99. The summed E-state index contributed by atoms with van der Waals surface area (Å²) in [5.74, 6) is -0.118. The Labute approximate surface area is 319 Å². The Morgan fingerprint density at radius 2 is 1.98 bits per heavy atom. The zero-order valence-electron chi connectivity index (χ0n) is 29.5. The monoisotopic (exact) mass is 772 g/mol. The molecule has 1 amide bonds. The van der Waals surface area contributed by atoms with Gasteiger partial charge in [-0.05, 0) is 81.5 Å². The molecule has 1 N–H and O–H groups in total. The smallest absolute Gasteiger partial charge is 0.249 e. The van der Waals surface area contributed by atoms with Crippen molar-refractivity contribution in [1.82, 2.24) is 34.8 Å². The van der Waals surface area contributed by atoms with Crippen LogP contribution in [0.3, 0.4) is 0 Å². The average Bonchev–Trinajstić information content (AvgIpc) is 3.79. The van der Waals surface area contributed by atoms with Gasteiger partial charge in [-0.25, -0.2) is 22.8 Å². The summed E-state index contributed by atoms with van der Waals surface area (Å²) in [6.07, 6.45) is 3.62. The third kappa shape index (κ3) is 5.07. The maximum atomic E-state index is 17.2. The minimum atomic E-state index is -2.51. The summed E-state index contributed by atoms with van der Waals surface area (Å²) >= 11 is 13.1. The number of nitriles is 1. The van der Waals surface area contributed by atoms with Crippen molar-refractivity contribution >= 4 is 50.9 Å². The van der Waals surface area contributed by atoms with E-state index in [0.717, 1.165) is 42.4 Å². The highest BCUT2D eigenvalue weighted by Gasteiger charge is 2.55. The highest BCUT2D eigenvalue weighted by atomic mass is 35.5. The van der Waals surface area contributed by atoms with Crippen LogP contribution in [-0.2, 0) is 16.6 Å². The molecule has 9 nitrogen and oxygen atoms in total. The first-order valence-corrected chi connectivity index (χ1v) is 19.6. The molecule has 6 heterocycles. The van der Waals surface area contributed by atoms with Crippen LogP contribution in [0.5, 0.6) is 0 Å². The summed E-state index contributed by atoms with van der Waals surface area (Å²) in [7, 11) is 0. The number of nitrogens with zero attached hydrogens (tertiary/aromatic N) is 7. The van der Waals surface area contributed by atoms with Crippen LogP contribution in [0.15, 0.2) is 36.5 Å². The number of nitrogens with one attached hydrogen (secondary N) is 1. The lowest BCUT2D eigenvalue weighted by Gasteiger charge is -2.39. The summed E-state index contributed by atoms with van der Waals surface area (Å²) in [5, 5.41) is 23.9.